The first-order valence-electron chi connectivity index (χ1n) is 5.55. The van der Waals surface area contributed by atoms with Gasteiger partial charge in [0, 0.05) is 19.2 Å². The van der Waals surface area contributed by atoms with Crippen molar-refractivity contribution in [3.05, 3.63) is 22.6 Å². The lowest BCUT2D eigenvalue weighted by Crippen LogP contribution is -2.25. The van der Waals surface area contributed by atoms with Crippen LogP contribution in [0.15, 0.2) is 17.1 Å². The first-order valence-corrected chi connectivity index (χ1v) is 5.55. The van der Waals surface area contributed by atoms with Crippen LogP contribution < -0.4 is 10.5 Å². The van der Waals surface area contributed by atoms with E-state index in [-0.39, 0.29) is 5.56 Å². The molecule has 1 aromatic heterocycles. The summed E-state index contributed by atoms with van der Waals surface area (Å²) in [4.78, 5) is 13.4. The topological polar surface area (TPSA) is 49.0 Å². The molecule has 1 atom stereocenters. The monoisotopic (exact) mass is 207 g/mol. The van der Waals surface area contributed by atoms with Gasteiger partial charge in [0.1, 0.15) is 0 Å². The highest BCUT2D eigenvalue weighted by molar-refractivity contribution is 5.42. The van der Waals surface area contributed by atoms with Gasteiger partial charge in [-0.1, -0.05) is 6.92 Å². The summed E-state index contributed by atoms with van der Waals surface area (Å²) in [6.07, 6.45) is 5.42. The van der Waals surface area contributed by atoms with Gasteiger partial charge in [0.25, 0.3) is 5.56 Å². The third-order valence-electron chi connectivity index (χ3n) is 3.03. The van der Waals surface area contributed by atoms with E-state index in [9.17, 15) is 4.79 Å². The molecule has 1 unspecified atom stereocenters. The van der Waals surface area contributed by atoms with E-state index in [1.165, 1.54) is 19.3 Å². The normalized spacial score (nSPS) is 22.5. The molecule has 1 N–H and O–H groups in total. The zero-order chi connectivity index (χ0) is 10.7. The van der Waals surface area contributed by atoms with Crippen LogP contribution in [0.1, 0.15) is 26.2 Å². The van der Waals surface area contributed by atoms with E-state index in [4.69, 9.17) is 0 Å². The Morgan fingerprint density at radius 2 is 2.33 bits per heavy atom. The van der Waals surface area contributed by atoms with Crippen molar-refractivity contribution in [3.63, 3.8) is 0 Å². The van der Waals surface area contributed by atoms with Crippen LogP contribution in [0.4, 0.5) is 5.69 Å². The van der Waals surface area contributed by atoms with Crippen molar-refractivity contribution in [2.45, 2.75) is 26.2 Å². The molecule has 0 bridgehead atoms. The molecule has 15 heavy (non-hydrogen) atoms. The highest BCUT2D eigenvalue weighted by atomic mass is 16.1. The zero-order valence-electron chi connectivity index (χ0n) is 9.07. The molecule has 1 aromatic rings. The number of H-pyrrole nitrogens is 1. The Morgan fingerprint density at radius 3 is 3.13 bits per heavy atom. The van der Waals surface area contributed by atoms with Crippen LogP contribution in [0.2, 0.25) is 0 Å². The quantitative estimate of drug-likeness (QED) is 0.757. The number of hydrogen-bond acceptors (Lipinski definition) is 3. The molecule has 0 aliphatic carbocycles. The number of aromatic amines is 1. The van der Waals surface area contributed by atoms with Gasteiger partial charge in [-0.25, -0.2) is 5.10 Å². The summed E-state index contributed by atoms with van der Waals surface area (Å²) in [7, 11) is 0. The van der Waals surface area contributed by atoms with Gasteiger partial charge in [-0.2, -0.15) is 5.10 Å². The van der Waals surface area contributed by atoms with Crippen molar-refractivity contribution in [2.24, 2.45) is 5.92 Å². The predicted octanol–water partition coefficient (Wildman–Crippen LogP) is 1.40. The van der Waals surface area contributed by atoms with Crippen molar-refractivity contribution < 1.29 is 0 Å². The Labute approximate surface area is 89.3 Å². The van der Waals surface area contributed by atoms with E-state index in [2.05, 4.69) is 22.0 Å². The number of anilines is 1. The van der Waals surface area contributed by atoms with E-state index in [1.807, 2.05) is 0 Å². The molecular formula is C11H17N3O. The summed E-state index contributed by atoms with van der Waals surface area (Å²) >= 11 is 0. The molecular weight excluding hydrogens is 190 g/mol. The molecule has 0 amide bonds. The maximum atomic E-state index is 11.1. The number of hydrogen-bond donors (Lipinski definition) is 1. The fourth-order valence-electron chi connectivity index (χ4n) is 2.06. The lowest BCUT2D eigenvalue weighted by atomic mass is 10.0. The average molecular weight is 207 g/mol. The third kappa shape index (κ3) is 2.58. The lowest BCUT2D eigenvalue weighted by molar-refractivity contribution is 0.521. The molecule has 2 rings (SSSR count). The highest BCUT2D eigenvalue weighted by Gasteiger charge is 2.14. The molecule has 1 aliphatic heterocycles. The number of nitrogens with one attached hydrogen (secondary N) is 1. The molecule has 1 fully saturated rings. The van der Waals surface area contributed by atoms with Gasteiger partial charge in [-0.15, -0.1) is 0 Å². The Balaban J connectivity index is 2.13. The Morgan fingerprint density at radius 1 is 1.47 bits per heavy atom. The van der Waals surface area contributed by atoms with Crippen molar-refractivity contribution in [1.29, 1.82) is 0 Å². The van der Waals surface area contributed by atoms with Crippen molar-refractivity contribution >= 4 is 5.69 Å². The van der Waals surface area contributed by atoms with Crippen LogP contribution in [0.5, 0.6) is 0 Å². The number of rotatable bonds is 1. The minimum Gasteiger partial charge on any atom is -0.370 e. The second-order valence-electron chi connectivity index (χ2n) is 4.33. The van der Waals surface area contributed by atoms with Crippen LogP contribution in [-0.2, 0) is 0 Å². The minimum atomic E-state index is -0.121. The van der Waals surface area contributed by atoms with Crippen molar-refractivity contribution in [1.82, 2.24) is 10.2 Å². The van der Waals surface area contributed by atoms with Crippen LogP contribution in [0.25, 0.3) is 0 Å². The summed E-state index contributed by atoms with van der Waals surface area (Å²) in [5.41, 5.74) is 0.831. The van der Waals surface area contributed by atoms with Gasteiger partial charge < -0.3 is 4.90 Å². The molecule has 0 saturated carbocycles. The van der Waals surface area contributed by atoms with Gasteiger partial charge in [0.2, 0.25) is 0 Å². The van der Waals surface area contributed by atoms with Crippen LogP contribution in [0, 0.1) is 5.92 Å². The predicted molar refractivity (Wildman–Crippen MR) is 60.1 cm³/mol. The summed E-state index contributed by atoms with van der Waals surface area (Å²) in [5, 5.41) is 6.23. The first-order chi connectivity index (χ1) is 7.25. The molecule has 0 spiro atoms. The molecule has 1 aliphatic rings. The SMILES string of the molecule is CC1CCCN(c2cn[nH]c(=O)c2)CC1. The molecule has 4 nitrogen and oxygen atoms in total. The standard InChI is InChI=1S/C11H17N3O/c1-9-3-2-5-14(6-4-9)10-7-11(15)13-12-8-10/h7-9H,2-6H2,1H3,(H,13,15). The largest absolute Gasteiger partial charge is 0.370 e. The van der Waals surface area contributed by atoms with E-state index in [1.54, 1.807) is 12.3 Å². The van der Waals surface area contributed by atoms with Gasteiger partial charge in [0.15, 0.2) is 0 Å². The Bertz CT molecular complexity index is 374. The zero-order valence-corrected chi connectivity index (χ0v) is 9.07. The fourth-order valence-corrected chi connectivity index (χ4v) is 2.06. The first kappa shape index (κ1) is 10.2. The van der Waals surface area contributed by atoms with Crippen LogP contribution in [-0.4, -0.2) is 23.3 Å². The molecule has 0 radical (unpaired) electrons. The van der Waals surface area contributed by atoms with Gasteiger partial charge >= 0.3 is 0 Å². The highest BCUT2D eigenvalue weighted by Crippen LogP contribution is 2.20. The fraction of sp³-hybridized carbons (Fsp3) is 0.636. The van der Waals surface area contributed by atoms with Gasteiger partial charge in [0.05, 0.1) is 11.9 Å². The summed E-state index contributed by atoms with van der Waals surface area (Å²) in [5.74, 6) is 0.796. The van der Waals surface area contributed by atoms with Crippen molar-refractivity contribution in [3.8, 4) is 0 Å². The van der Waals surface area contributed by atoms with E-state index in [0.29, 0.717) is 0 Å². The molecule has 0 aromatic carbocycles. The second kappa shape index (κ2) is 4.47. The van der Waals surface area contributed by atoms with E-state index < -0.39 is 0 Å². The minimum absolute atomic E-state index is 0.121. The molecule has 4 heteroatoms. The number of nitrogens with zero attached hydrogens (tertiary/aromatic N) is 2. The van der Waals surface area contributed by atoms with Gasteiger partial charge in [-0.3, -0.25) is 4.79 Å². The Kier molecular flexibility index (Phi) is 3.04. The van der Waals surface area contributed by atoms with Gasteiger partial charge in [-0.05, 0) is 25.2 Å². The lowest BCUT2D eigenvalue weighted by Gasteiger charge is -2.21. The second-order valence-corrected chi connectivity index (χ2v) is 4.33. The number of aromatic nitrogens is 2. The summed E-state index contributed by atoms with van der Waals surface area (Å²) < 4.78 is 0. The van der Waals surface area contributed by atoms with Crippen LogP contribution in [0.3, 0.4) is 0 Å². The maximum absolute atomic E-state index is 11.1. The van der Waals surface area contributed by atoms with Crippen molar-refractivity contribution in [2.75, 3.05) is 18.0 Å². The van der Waals surface area contributed by atoms with Crippen LogP contribution >= 0.6 is 0 Å². The smallest absolute Gasteiger partial charge is 0.266 e. The van der Waals surface area contributed by atoms with E-state index >= 15 is 0 Å². The maximum Gasteiger partial charge on any atom is 0.266 e. The summed E-state index contributed by atoms with van der Waals surface area (Å²) in [6, 6.07) is 1.63. The summed E-state index contributed by atoms with van der Waals surface area (Å²) in [6.45, 7) is 4.36. The molecule has 82 valence electrons. The van der Waals surface area contributed by atoms with E-state index in [0.717, 1.165) is 24.7 Å². The third-order valence-corrected chi connectivity index (χ3v) is 3.03. The average Bonchev–Trinajstić information content (AvgIpc) is 2.43. The molecule has 1 saturated heterocycles. The Hall–Kier alpha value is -1.32. The molecule has 2 heterocycles.